The van der Waals surface area contributed by atoms with Crippen LogP contribution in [0, 0.1) is 5.82 Å². The number of aromatic nitrogens is 1. The smallest absolute Gasteiger partial charge is 0.269 e. The van der Waals surface area contributed by atoms with Crippen LogP contribution < -0.4 is 5.32 Å². The first-order valence-corrected chi connectivity index (χ1v) is 7.71. The summed E-state index contributed by atoms with van der Waals surface area (Å²) < 4.78 is 14.7. The molecule has 0 radical (unpaired) electrons. The van der Waals surface area contributed by atoms with Gasteiger partial charge in [-0.3, -0.25) is 4.79 Å². The van der Waals surface area contributed by atoms with Crippen molar-refractivity contribution in [2.24, 2.45) is 7.05 Å². The lowest BCUT2D eigenvalue weighted by Gasteiger charge is -2.07. The van der Waals surface area contributed by atoms with E-state index in [4.69, 9.17) is 11.6 Å². The molecule has 0 fully saturated rings. The molecule has 2 aromatic carbocycles. The molecule has 118 valence electrons. The first-order valence-electron chi connectivity index (χ1n) is 7.33. The number of carbonyl (C=O) groups excluding carboxylic acids is 1. The molecule has 0 spiro atoms. The van der Waals surface area contributed by atoms with Gasteiger partial charge >= 0.3 is 0 Å². The highest BCUT2D eigenvalue weighted by Gasteiger charge is 2.19. The highest BCUT2D eigenvalue weighted by atomic mass is 35.5. The van der Waals surface area contributed by atoms with Crippen molar-refractivity contribution in [1.29, 1.82) is 0 Å². The van der Waals surface area contributed by atoms with E-state index in [1.54, 1.807) is 16.7 Å². The number of rotatable bonds is 4. The van der Waals surface area contributed by atoms with Gasteiger partial charge in [-0.1, -0.05) is 41.9 Å². The molecular weight excluding hydrogens is 315 g/mol. The van der Waals surface area contributed by atoms with Crippen LogP contribution in [-0.2, 0) is 13.5 Å². The van der Waals surface area contributed by atoms with Crippen LogP contribution in [0.2, 0.25) is 5.02 Å². The molecule has 0 bridgehead atoms. The summed E-state index contributed by atoms with van der Waals surface area (Å²) in [4.78, 5) is 12.4. The molecule has 3 rings (SSSR count). The Morgan fingerprint density at radius 3 is 2.57 bits per heavy atom. The van der Waals surface area contributed by atoms with Crippen LogP contribution in [0.3, 0.4) is 0 Å². The Morgan fingerprint density at radius 2 is 1.87 bits per heavy atom. The molecule has 0 atom stereocenters. The molecule has 1 amide bonds. The zero-order valence-corrected chi connectivity index (χ0v) is 13.4. The van der Waals surface area contributed by atoms with Crippen molar-refractivity contribution < 1.29 is 9.18 Å². The van der Waals surface area contributed by atoms with Crippen LogP contribution in [0.1, 0.15) is 16.1 Å². The number of hydrogen-bond donors (Lipinski definition) is 1. The largest absolute Gasteiger partial charge is 0.350 e. The fourth-order valence-electron chi connectivity index (χ4n) is 2.65. The Hall–Kier alpha value is -2.33. The first-order chi connectivity index (χ1) is 11.1. The second-order valence-electron chi connectivity index (χ2n) is 5.37. The number of nitrogens with one attached hydrogen (secondary N) is 1. The third-order valence-corrected chi connectivity index (χ3v) is 4.26. The van der Waals surface area contributed by atoms with Gasteiger partial charge in [-0.2, -0.15) is 0 Å². The molecule has 23 heavy (non-hydrogen) atoms. The van der Waals surface area contributed by atoms with Gasteiger partial charge in [0, 0.05) is 24.5 Å². The summed E-state index contributed by atoms with van der Waals surface area (Å²) in [5.41, 5.74) is 2.34. The molecule has 5 heteroatoms. The van der Waals surface area contributed by atoms with E-state index in [1.807, 2.05) is 31.3 Å². The van der Waals surface area contributed by atoms with E-state index in [0.717, 1.165) is 16.5 Å². The lowest BCUT2D eigenvalue weighted by atomic mass is 10.1. The number of halogens is 2. The number of nitrogens with zero attached hydrogens (tertiary/aromatic N) is 1. The van der Waals surface area contributed by atoms with Gasteiger partial charge in [-0.25, -0.2) is 4.39 Å². The van der Waals surface area contributed by atoms with E-state index in [1.165, 1.54) is 12.1 Å². The second-order valence-corrected chi connectivity index (χ2v) is 5.75. The van der Waals surface area contributed by atoms with E-state index in [9.17, 15) is 9.18 Å². The summed E-state index contributed by atoms with van der Waals surface area (Å²) in [6.07, 6.45) is 0.633. The molecule has 3 aromatic rings. The zero-order chi connectivity index (χ0) is 16.4. The molecule has 0 aliphatic heterocycles. The van der Waals surface area contributed by atoms with Crippen LogP contribution in [0.25, 0.3) is 10.9 Å². The van der Waals surface area contributed by atoms with Crippen LogP contribution in [0.4, 0.5) is 4.39 Å². The van der Waals surface area contributed by atoms with E-state index >= 15 is 0 Å². The van der Waals surface area contributed by atoms with Crippen LogP contribution in [0.5, 0.6) is 0 Å². The highest BCUT2D eigenvalue weighted by molar-refractivity contribution is 6.38. The van der Waals surface area contributed by atoms with E-state index in [-0.39, 0.29) is 11.7 Å². The minimum absolute atomic E-state index is 0.212. The number of fused-ring (bicyclic) bond motifs is 1. The van der Waals surface area contributed by atoms with Crippen LogP contribution in [-0.4, -0.2) is 17.0 Å². The first kappa shape index (κ1) is 15.6. The van der Waals surface area contributed by atoms with Crippen LogP contribution in [0.15, 0.2) is 48.5 Å². The summed E-state index contributed by atoms with van der Waals surface area (Å²) >= 11 is 6.35. The molecule has 0 saturated carbocycles. The zero-order valence-electron chi connectivity index (χ0n) is 12.6. The van der Waals surface area contributed by atoms with Crippen molar-refractivity contribution in [3.8, 4) is 0 Å². The number of para-hydroxylation sites is 1. The summed E-state index contributed by atoms with van der Waals surface area (Å²) in [5.74, 6) is -0.476. The molecule has 0 saturated heterocycles. The lowest BCUT2D eigenvalue weighted by molar-refractivity contribution is 0.0946. The van der Waals surface area contributed by atoms with Crippen molar-refractivity contribution in [1.82, 2.24) is 9.88 Å². The molecule has 0 aliphatic carbocycles. The summed E-state index contributed by atoms with van der Waals surface area (Å²) in [6, 6.07) is 13.9. The van der Waals surface area contributed by atoms with Gasteiger partial charge in [0.15, 0.2) is 0 Å². The van der Waals surface area contributed by atoms with Crippen LogP contribution >= 0.6 is 11.6 Å². The molecule has 1 heterocycles. The van der Waals surface area contributed by atoms with E-state index in [2.05, 4.69) is 5.32 Å². The van der Waals surface area contributed by atoms with Gasteiger partial charge in [0.25, 0.3) is 5.91 Å². The summed E-state index contributed by atoms with van der Waals surface area (Å²) in [5, 5.41) is 4.19. The minimum atomic E-state index is -0.264. The molecule has 0 unspecified atom stereocenters. The minimum Gasteiger partial charge on any atom is -0.350 e. The maximum absolute atomic E-state index is 12.9. The standard InChI is InChI=1S/C18H16ClFN2O/c1-22-15-5-3-2-4-14(15)16(19)17(22)18(23)21-11-10-12-6-8-13(20)9-7-12/h2-9H,10-11H2,1H3,(H,21,23). The van der Waals surface area contributed by atoms with Gasteiger partial charge in [0.05, 0.1) is 5.02 Å². The quantitative estimate of drug-likeness (QED) is 0.772. The normalized spacial score (nSPS) is 10.9. The average Bonchev–Trinajstić information content (AvgIpc) is 2.81. The fourth-order valence-corrected chi connectivity index (χ4v) is 3.03. The number of aryl methyl sites for hydroxylation is 1. The maximum Gasteiger partial charge on any atom is 0.269 e. The number of amides is 1. The van der Waals surface area contributed by atoms with Crippen molar-refractivity contribution in [2.75, 3.05) is 6.54 Å². The Bertz CT molecular complexity index is 816. The third kappa shape index (κ3) is 3.08. The van der Waals surface area contributed by atoms with Gasteiger partial charge in [0.1, 0.15) is 11.5 Å². The van der Waals surface area contributed by atoms with Gasteiger partial charge in [0.2, 0.25) is 0 Å². The number of benzene rings is 2. The molecule has 3 nitrogen and oxygen atoms in total. The Morgan fingerprint density at radius 1 is 1.17 bits per heavy atom. The predicted octanol–water partition coefficient (Wildman–Crippen LogP) is 3.94. The van der Waals surface area contributed by atoms with Gasteiger partial charge in [-0.05, 0) is 30.2 Å². The molecule has 1 N–H and O–H groups in total. The van der Waals surface area contributed by atoms with Gasteiger partial charge in [-0.15, -0.1) is 0 Å². The van der Waals surface area contributed by atoms with Gasteiger partial charge < -0.3 is 9.88 Å². The number of hydrogen-bond acceptors (Lipinski definition) is 1. The predicted molar refractivity (Wildman–Crippen MR) is 90.4 cm³/mol. The highest BCUT2D eigenvalue weighted by Crippen LogP contribution is 2.29. The van der Waals surface area contributed by atoms with Crippen molar-refractivity contribution in [3.63, 3.8) is 0 Å². The second kappa shape index (κ2) is 6.42. The van der Waals surface area contributed by atoms with Crippen molar-refractivity contribution >= 4 is 28.4 Å². The molecule has 0 aliphatic rings. The molecule has 1 aromatic heterocycles. The lowest BCUT2D eigenvalue weighted by Crippen LogP contribution is -2.27. The molecular formula is C18H16ClFN2O. The summed E-state index contributed by atoms with van der Waals surface area (Å²) in [7, 11) is 1.82. The van der Waals surface area contributed by atoms with E-state index in [0.29, 0.717) is 23.7 Å². The topological polar surface area (TPSA) is 34.0 Å². The fraction of sp³-hybridized carbons (Fsp3) is 0.167. The Balaban J connectivity index is 1.72. The summed E-state index contributed by atoms with van der Waals surface area (Å²) in [6.45, 7) is 0.461. The maximum atomic E-state index is 12.9. The third-order valence-electron chi connectivity index (χ3n) is 3.87. The average molecular weight is 331 g/mol. The number of carbonyl (C=O) groups is 1. The Kier molecular flexibility index (Phi) is 4.35. The van der Waals surface area contributed by atoms with E-state index < -0.39 is 0 Å². The SMILES string of the molecule is Cn1c(C(=O)NCCc2ccc(F)cc2)c(Cl)c2ccccc21. The van der Waals surface area contributed by atoms with Crippen molar-refractivity contribution in [2.45, 2.75) is 6.42 Å². The Labute approximate surface area is 138 Å². The van der Waals surface area contributed by atoms with Crippen molar-refractivity contribution in [3.05, 3.63) is 70.6 Å². The monoisotopic (exact) mass is 330 g/mol.